The Morgan fingerprint density at radius 3 is 2.71 bits per heavy atom. The largest absolute Gasteiger partial charge is 0.268 e. The molecular weight excluding hydrogens is 282 g/mol. The topological polar surface area (TPSA) is 56.5 Å². The predicted molar refractivity (Wildman–Crippen MR) is 82.0 cm³/mol. The fourth-order valence-electron chi connectivity index (χ4n) is 2.14. The maximum absolute atomic E-state index is 4.60. The Hall–Kier alpha value is -2.60. The fraction of sp³-hybridized carbons (Fsp3) is 0.0667. The number of pyridine rings is 2. The Bertz CT molecular complexity index is 848. The van der Waals surface area contributed by atoms with Crippen LogP contribution in [0.15, 0.2) is 55.4 Å². The highest BCUT2D eigenvalue weighted by atomic mass is 32.1. The van der Waals surface area contributed by atoms with Crippen molar-refractivity contribution in [3.05, 3.63) is 60.9 Å². The number of nitrogens with zero attached hydrogens (tertiary/aromatic N) is 5. The zero-order chi connectivity index (χ0) is 14.1. The van der Waals surface area contributed by atoms with Gasteiger partial charge in [0.1, 0.15) is 10.5 Å². The third kappa shape index (κ3) is 2.41. The molecule has 0 amide bonds. The lowest BCUT2D eigenvalue weighted by atomic mass is 10.3. The first-order chi connectivity index (χ1) is 10.4. The second-order valence-electron chi connectivity index (χ2n) is 4.64. The van der Waals surface area contributed by atoms with E-state index in [1.54, 1.807) is 36.1 Å². The molecule has 0 fully saturated rings. The van der Waals surface area contributed by atoms with Gasteiger partial charge in [-0.1, -0.05) is 0 Å². The lowest BCUT2D eigenvalue weighted by molar-refractivity contribution is 0.686. The molecule has 0 aliphatic carbocycles. The average molecular weight is 293 g/mol. The molecule has 4 aromatic rings. The summed E-state index contributed by atoms with van der Waals surface area (Å²) in [5.41, 5.74) is 3.14. The van der Waals surface area contributed by atoms with E-state index >= 15 is 0 Å². The lowest BCUT2D eigenvalue weighted by Crippen LogP contribution is -1.99. The van der Waals surface area contributed by atoms with E-state index in [1.165, 1.54) is 5.56 Å². The van der Waals surface area contributed by atoms with Gasteiger partial charge in [0.25, 0.3) is 0 Å². The van der Waals surface area contributed by atoms with Crippen molar-refractivity contribution >= 4 is 21.6 Å². The molecule has 0 aliphatic rings. The zero-order valence-corrected chi connectivity index (χ0v) is 11.9. The molecule has 0 saturated heterocycles. The van der Waals surface area contributed by atoms with E-state index in [0.717, 1.165) is 27.3 Å². The van der Waals surface area contributed by atoms with Crippen molar-refractivity contribution in [1.82, 2.24) is 24.7 Å². The summed E-state index contributed by atoms with van der Waals surface area (Å²) >= 11 is 1.66. The smallest absolute Gasteiger partial charge is 0.127 e. The Labute approximate surface area is 124 Å². The SMILES string of the molecule is c1cc(Cn2cc(-c3nc4cnccc4s3)cn2)ccn1. The normalized spacial score (nSPS) is 11.0. The van der Waals surface area contributed by atoms with Crippen LogP contribution in [-0.2, 0) is 6.54 Å². The van der Waals surface area contributed by atoms with Crippen molar-refractivity contribution in [2.45, 2.75) is 6.54 Å². The second kappa shape index (κ2) is 5.06. The minimum absolute atomic E-state index is 0.731. The first kappa shape index (κ1) is 12.2. The van der Waals surface area contributed by atoms with E-state index in [0.29, 0.717) is 0 Å². The summed E-state index contributed by atoms with van der Waals surface area (Å²) in [5, 5.41) is 5.38. The molecule has 0 bridgehead atoms. The number of rotatable bonds is 3. The number of hydrogen-bond acceptors (Lipinski definition) is 5. The first-order valence-electron chi connectivity index (χ1n) is 6.51. The summed E-state index contributed by atoms with van der Waals surface area (Å²) in [4.78, 5) is 12.7. The van der Waals surface area contributed by atoms with Crippen LogP contribution in [0.25, 0.3) is 20.8 Å². The zero-order valence-electron chi connectivity index (χ0n) is 11.0. The molecule has 6 heteroatoms. The van der Waals surface area contributed by atoms with Crippen LogP contribution >= 0.6 is 11.3 Å². The van der Waals surface area contributed by atoms with Gasteiger partial charge in [-0.05, 0) is 23.8 Å². The molecule has 0 atom stereocenters. The Morgan fingerprint density at radius 1 is 1.00 bits per heavy atom. The van der Waals surface area contributed by atoms with Crippen LogP contribution < -0.4 is 0 Å². The van der Waals surface area contributed by atoms with Crippen molar-refractivity contribution in [3.8, 4) is 10.6 Å². The number of hydrogen-bond donors (Lipinski definition) is 0. The third-order valence-electron chi connectivity index (χ3n) is 3.16. The van der Waals surface area contributed by atoms with Crippen molar-refractivity contribution in [3.63, 3.8) is 0 Å². The van der Waals surface area contributed by atoms with E-state index < -0.39 is 0 Å². The van der Waals surface area contributed by atoms with Gasteiger partial charge in [0.05, 0.1) is 23.6 Å². The average Bonchev–Trinajstić information content (AvgIpc) is 3.14. The van der Waals surface area contributed by atoms with Crippen LogP contribution in [0.4, 0.5) is 0 Å². The number of fused-ring (bicyclic) bond motifs is 1. The van der Waals surface area contributed by atoms with Crippen molar-refractivity contribution < 1.29 is 0 Å². The Morgan fingerprint density at radius 2 is 1.86 bits per heavy atom. The summed E-state index contributed by atoms with van der Waals surface area (Å²) < 4.78 is 3.05. The van der Waals surface area contributed by atoms with Crippen molar-refractivity contribution in [2.24, 2.45) is 0 Å². The van der Waals surface area contributed by atoms with E-state index in [4.69, 9.17) is 0 Å². The number of thiazole rings is 1. The molecule has 0 aromatic carbocycles. The second-order valence-corrected chi connectivity index (χ2v) is 5.68. The van der Waals surface area contributed by atoms with Gasteiger partial charge in [-0.3, -0.25) is 14.6 Å². The van der Waals surface area contributed by atoms with Gasteiger partial charge in [0, 0.05) is 30.4 Å². The van der Waals surface area contributed by atoms with E-state index in [2.05, 4.69) is 20.1 Å². The highest BCUT2D eigenvalue weighted by Crippen LogP contribution is 2.29. The highest BCUT2D eigenvalue weighted by molar-refractivity contribution is 7.21. The molecule has 0 spiro atoms. The minimum atomic E-state index is 0.731. The molecular formula is C15H11N5S. The van der Waals surface area contributed by atoms with Crippen LogP contribution in [-0.4, -0.2) is 24.7 Å². The van der Waals surface area contributed by atoms with Gasteiger partial charge >= 0.3 is 0 Å². The summed E-state index contributed by atoms with van der Waals surface area (Å²) in [6.07, 6.45) is 11.0. The molecule has 21 heavy (non-hydrogen) atoms. The minimum Gasteiger partial charge on any atom is -0.268 e. The maximum atomic E-state index is 4.60. The van der Waals surface area contributed by atoms with Crippen molar-refractivity contribution in [2.75, 3.05) is 0 Å². The lowest BCUT2D eigenvalue weighted by Gasteiger charge is -1.99. The maximum Gasteiger partial charge on any atom is 0.127 e. The fourth-order valence-corrected chi connectivity index (χ4v) is 3.05. The molecule has 0 N–H and O–H groups in total. The number of aromatic nitrogens is 5. The molecule has 0 radical (unpaired) electrons. The highest BCUT2D eigenvalue weighted by Gasteiger charge is 2.08. The first-order valence-corrected chi connectivity index (χ1v) is 7.32. The quantitative estimate of drug-likeness (QED) is 0.582. The van der Waals surface area contributed by atoms with Gasteiger partial charge in [-0.2, -0.15) is 5.10 Å². The van der Waals surface area contributed by atoms with Crippen LogP contribution in [0.3, 0.4) is 0 Å². The van der Waals surface area contributed by atoms with Crippen molar-refractivity contribution in [1.29, 1.82) is 0 Å². The van der Waals surface area contributed by atoms with Gasteiger partial charge in [0.15, 0.2) is 0 Å². The summed E-state index contributed by atoms with van der Waals surface area (Å²) in [5.74, 6) is 0. The molecule has 0 aliphatic heterocycles. The van der Waals surface area contributed by atoms with Gasteiger partial charge in [-0.25, -0.2) is 4.98 Å². The van der Waals surface area contributed by atoms with Crippen LogP contribution in [0.2, 0.25) is 0 Å². The standard InChI is InChI=1S/C15H11N5S/c1-4-16-5-2-11(1)9-20-10-12(7-18-20)15-19-13-8-17-6-3-14(13)21-15/h1-8,10H,9H2. The Kier molecular flexibility index (Phi) is 2.93. The van der Waals surface area contributed by atoms with E-state index in [1.807, 2.05) is 35.3 Å². The molecule has 0 saturated carbocycles. The summed E-state index contributed by atoms with van der Waals surface area (Å²) in [6.45, 7) is 0.731. The summed E-state index contributed by atoms with van der Waals surface area (Å²) in [7, 11) is 0. The van der Waals surface area contributed by atoms with Crippen LogP contribution in [0.5, 0.6) is 0 Å². The molecule has 4 aromatic heterocycles. The summed E-state index contributed by atoms with van der Waals surface area (Å²) in [6, 6.07) is 5.97. The van der Waals surface area contributed by atoms with E-state index in [9.17, 15) is 0 Å². The molecule has 102 valence electrons. The molecule has 4 heterocycles. The van der Waals surface area contributed by atoms with Crippen LogP contribution in [0.1, 0.15) is 5.56 Å². The molecule has 4 rings (SSSR count). The monoisotopic (exact) mass is 293 g/mol. The Balaban J connectivity index is 1.64. The van der Waals surface area contributed by atoms with Gasteiger partial charge in [-0.15, -0.1) is 11.3 Å². The third-order valence-corrected chi connectivity index (χ3v) is 4.25. The predicted octanol–water partition coefficient (Wildman–Crippen LogP) is 3.00. The van der Waals surface area contributed by atoms with E-state index in [-0.39, 0.29) is 0 Å². The van der Waals surface area contributed by atoms with Crippen LogP contribution in [0, 0.1) is 0 Å². The van der Waals surface area contributed by atoms with Gasteiger partial charge < -0.3 is 0 Å². The molecule has 0 unspecified atom stereocenters. The van der Waals surface area contributed by atoms with Gasteiger partial charge in [0.2, 0.25) is 0 Å². The molecule has 5 nitrogen and oxygen atoms in total.